The smallest absolute Gasteiger partial charge is 0.332 e. The van der Waals surface area contributed by atoms with Crippen LogP contribution in [0.3, 0.4) is 0 Å². The van der Waals surface area contributed by atoms with Gasteiger partial charge in [0.05, 0.1) is 6.21 Å². The highest BCUT2D eigenvalue weighted by molar-refractivity contribution is 5.83. The molecule has 3 aromatic rings. The average molecular weight is 342 g/mol. The van der Waals surface area contributed by atoms with Gasteiger partial charge < -0.3 is 9.67 Å². The van der Waals surface area contributed by atoms with Crippen molar-refractivity contribution in [2.45, 2.75) is 13.5 Å². The Morgan fingerprint density at radius 3 is 2.64 bits per heavy atom. The van der Waals surface area contributed by atoms with Gasteiger partial charge in [-0.1, -0.05) is 12.1 Å². The summed E-state index contributed by atoms with van der Waals surface area (Å²) in [6, 6.07) is 6.76. The van der Waals surface area contributed by atoms with Gasteiger partial charge in [0.2, 0.25) is 5.95 Å². The fourth-order valence-electron chi connectivity index (χ4n) is 2.60. The summed E-state index contributed by atoms with van der Waals surface area (Å²) in [6.45, 7) is 2.34. The molecule has 2 heterocycles. The number of nitrogens with one attached hydrogen (secondary N) is 1. The molecular weight excluding hydrogens is 324 g/mol. The molecule has 1 aromatic carbocycles. The van der Waals surface area contributed by atoms with Gasteiger partial charge in [0.15, 0.2) is 11.2 Å². The van der Waals surface area contributed by atoms with E-state index in [1.54, 1.807) is 35.9 Å². The van der Waals surface area contributed by atoms with Gasteiger partial charge in [-0.15, -0.1) is 0 Å². The zero-order valence-electron chi connectivity index (χ0n) is 14.1. The molecule has 0 unspecified atom stereocenters. The third-order valence-electron chi connectivity index (χ3n) is 3.97. The lowest BCUT2D eigenvalue weighted by atomic mass is 10.2. The Balaban J connectivity index is 2.07. The first kappa shape index (κ1) is 16.5. The van der Waals surface area contributed by atoms with Gasteiger partial charge in [-0.25, -0.2) is 10.2 Å². The molecular formula is C16H18N6O3. The van der Waals surface area contributed by atoms with E-state index in [-0.39, 0.29) is 11.4 Å². The van der Waals surface area contributed by atoms with Gasteiger partial charge in [-0.05, 0) is 19.1 Å². The van der Waals surface area contributed by atoms with Crippen molar-refractivity contribution in [1.29, 1.82) is 0 Å². The van der Waals surface area contributed by atoms with E-state index in [0.29, 0.717) is 23.6 Å². The molecule has 0 aliphatic rings. The second kappa shape index (κ2) is 6.27. The number of rotatable bonds is 4. The molecule has 2 aromatic heterocycles. The minimum Gasteiger partial charge on any atom is -0.507 e. The predicted molar refractivity (Wildman–Crippen MR) is 95.2 cm³/mol. The first-order chi connectivity index (χ1) is 12.0. The van der Waals surface area contributed by atoms with Crippen LogP contribution in [0.5, 0.6) is 5.75 Å². The van der Waals surface area contributed by atoms with Gasteiger partial charge in [0.25, 0.3) is 5.56 Å². The Hall–Kier alpha value is -3.36. The highest BCUT2D eigenvalue weighted by Gasteiger charge is 2.17. The Labute approximate surface area is 142 Å². The van der Waals surface area contributed by atoms with Crippen molar-refractivity contribution >= 4 is 23.3 Å². The molecule has 2 N–H and O–H groups in total. The minimum atomic E-state index is -0.442. The zero-order chi connectivity index (χ0) is 18.1. The van der Waals surface area contributed by atoms with Gasteiger partial charge in [0, 0.05) is 26.2 Å². The van der Waals surface area contributed by atoms with Crippen molar-refractivity contribution in [2.75, 3.05) is 5.43 Å². The molecule has 0 saturated heterocycles. The summed E-state index contributed by atoms with van der Waals surface area (Å²) in [5.74, 6) is 0.441. The van der Waals surface area contributed by atoms with Crippen molar-refractivity contribution in [1.82, 2.24) is 18.7 Å². The standard InChI is InChI=1S/C16H18N6O3/c1-4-22-12-13(20(2)16(25)21(3)14(12)24)18-15(22)19-17-9-10-7-5-6-8-11(10)23/h5-9,23H,4H2,1-3H3,(H,18,19)/b17-9-. The number of benzene rings is 1. The van der Waals surface area contributed by atoms with Crippen molar-refractivity contribution < 1.29 is 5.11 Å². The Kier molecular flexibility index (Phi) is 4.14. The number of fused-ring (bicyclic) bond motifs is 1. The summed E-state index contributed by atoms with van der Waals surface area (Å²) >= 11 is 0. The molecule has 0 aliphatic heterocycles. The highest BCUT2D eigenvalue weighted by atomic mass is 16.3. The molecule has 0 saturated carbocycles. The monoisotopic (exact) mass is 342 g/mol. The molecule has 0 amide bonds. The van der Waals surface area contributed by atoms with Crippen LogP contribution in [0.2, 0.25) is 0 Å². The van der Waals surface area contributed by atoms with Crippen molar-refractivity contribution in [3.8, 4) is 5.75 Å². The zero-order valence-corrected chi connectivity index (χ0v) is 14.1. The number of hydrazone groups is 1. The summed E-state index contributed by atoms with van der Waals surface area (Å²) in [6.07, 6.45) is 1.45. The van der Waals surface area contributed by atoms with Crippen LogP contribution in [0.1, 0.15) is 12.5 Å². The number of hydrogen-bond acceptors (Lipinski definition) is 6. The van der Waals surface area contributed by atoms with E-state index >= 15 is 0 Å². The van der Waals surface area contributed by atoms with Crippen LogP contribution in [0.15, 0.2) is 39.0 Å². The van der Waals surface area contributed by atoms with Gasteiger partial charge in [-0.2, -0.15) is 10.1 Å². The van der Waals surface area contributed by atoms with Crippen LogP contribution < -0.4 is 16.7 Å². The largest absolute Gasteiger partial charge is 0.507 e. The van der Waals surface area contributed by atoms with Crippen LogP contribution in [0.25, 0.3) is 11.2 Å². The molecule has 9 heteroatoms. The topological polar surface area (TPSA) is 106 Å². The van der Waals surface area contributed by atoms with Crippen LogP contribution in [0.4, 0.5) is 5.95 Å². The number of anilines is 1. The molecule has 130 valence electrons. The number of nitrogens with zero attached hydrogens (tertiary/aromatic N) is 5. The van der Waals surface area contributed by atoms with Gasteiger partial charge in [-0.3, -0.25) is 13.9 Å². The second-order valence-electron chi connectivity index (χ2n) is 5.49. The SMILES string of the molecule is CCn1c(N/N=C\c2ccccc2O)nc2c1c(=O)n(C)c(=O)n2C. The average Bonchev–Trinajstić information content (AvgIpc) is 2.98. The number of phenols is 1. The summed E-state index contributed by atoms with van der Waals surface area (Å²) < 4.78 is 4.02. The van der Waals surface area contributed by atoms with E-state index in [1.807, 2.05) is 6.92 Å². The number of phenolic OH excluding ortho intramolecular Hbond substituents is 1. The third-order valence-corrected chi connectivity index (χ3v) is 3.97. The Bertz CT molecular complexity index is 1090. The molecule has 25 heavy (non-hydrogen) atoms. The first-order valence-electron chi connectivity index (χ1n) is 7.69. The van der Waals surface area contributed by atoms with Gasteiger partial charge in [0.1, 0.15) is 5.75 Å². The summed E-state index contributed by atoms with van der Waals surface area (Å²) in [5, 5.41) is 13.8. The highest BCUT2D eigenvalue weighted by Crippen LogP contribution is 2.16. The quantitative estimate of drug-likeness (QED) is 0.533. The Morgan fingerprint density at radius 1 is 1.24 bits per heavy atom. The van der Waals surface area contributed by atoms with Crippen LogP contribution in [-0.4, -0.2) is 30.0 Å². The lowest BCUT2D eigenvalue weighted by Crippen LogP contribution is -2.37. The number of aromatic hydroxyl groups is 1. The Morgan fingerprint density at radius 2 is 1.96 bits per heavy atom. The predicted octanol–water partition coefficient (Wildman–Crippen LogP) is 0.605. The molecule has 3 rings (SSSR count). The summed E-state index contributed by atoms with van der Waals surface area (Å²) in [7, 11) is 2.99. The fourth-order valence-corrected chi connectivity index (χ4v) is 2.60. The molecule has 0 aliphatic carbocycles. The van der Waals surface area contributed by atoms with Crippen molar-refractivity contribution in [2.24, 2.45) is 19.2 Å². The number of aryl methyl sites for hydroxylation is 2. The number of imidazole rings is 1. The van der Waals surface area contributed by atoms with Crippen LogP contribution in [0, 0.1) is 0 Å². The van der Waals surface area contributed by atoms with Crippen LogP contribution >= 0.6 is 0 Å². The van der Waals surface area contributed by atoms with E-state index in [0.717, 1.165) is 4.57 Å². The maximum atomic E-state index is 12.4. The van der Waals surface area contributed by atoms with E-state index in [2.05, 4.69) is 15.5 Å². The van der Waals surface area contributed by atoms with Crippen molar-refractivity contribution in [3.63, 3.8) is 0 Å². The molecule has 0 fully saturated rings. The molecule has 9 nitrogen and oxygen atoms in total. The number of hydrogen-bond donors (Lipinski definition) is 2. The summed E-state index contributed by atoms with van der Waals surface area (Å²) in [4.78, 5) is 28.8. The third kappa shape index (κ3) is 2.69. The number of para-hydroxylation sites is 1. The minimum absolute atomic E-state index is 0.105. The number of aromatic nitrogens is 4. The van der Waals surface area contributed by atoms with Crippen LogP contribution in [-0.2, 0) is 20.6 Å². The molecule has 0 spiro atoms. The van der Waals surface area contributed by atoms with E-state index < -0.39 is 11.2 Å². The van der Waals surface area contributed by atoms with E-state index in [4.69, 9.17) is 0 Å². The second-order valence-corrected chi connectivity index (χ2v) is 5.49. The fraction of sp³-hybridized carbons (Fsp3) is 0.250. The lowest BCUT2D eigenvalue weighted by Gasteiger charge is -2.06. The van der Waals surface area contributed by atoms with E-state index in [9.17, 15) is 14.7 Å². The molecule has 0 bridgehead atoms. The maximum absolute atomic E-state index is 12.4. The first-order valence-corrected chi connectivity index (χ1v) is 7.69. The van der Waals surface area contributed by atoms with Gasteiger partial charge >= 0.3 is 5.69 Å². The van der Waals surface area contributed by atoms with E-state index in [1.165, 1.54) is 17.8 Å². The maximum Gasteiger partial charge on any atom is 0.332 e. The molecule has 0 radical (unpaired) electrons. The normalized spacial score (nSPS) is 11.5. The molecule has 0 atom stereocenters. The van der Waals surface area contributed by atoms with Crippen molar-refractivity contribution in [3.05, 3.63) is 50.7 Å². The summed E-state index contributed by atoms with van der Waals surface area (Å²) in [5.41, 5.74) is 3.07. The lowest BCUT2D eigenvalue weighted by molar-refractivity contribution is 0.474.